The average molecular weight is 379 g/mol. The molecular weight excluding hydrogens is 356 g/mol. The summed E-state index contributed by atoms with van der Waals surface area (Å²) < 4.78 is 15.7. The van der Waals surface area contributed by atoms with Crippen LogP contribution in [0.15, 0.2) is 30.3 Å². The molecular formula is C19H23ClN2O4. The molecule has 2 aromatic carbocycles. The van der Waals surface area contributed by atoms with Crippen LogP contribution in [-0.4, -0.2) is 33.9 Å². The number of urea groups is 1. The highest BCUT2D eigenvalue weighted by Gasteiger charge is 2.10. The molecule has 0 saturated heterocycles. The molecule has 140 valence electrons. The molecule has 0 fully saturated rings. The number of hydrogen-bond donors (Lipinski definition) is 2. The second-order valence-electron chi connectivity index (χ2n) is 5.62. The highest BCUT2D eigenvalue weighted by molar-refractivity contribution is 6.31. The zero-order valence-electron chi connectivity index (χ0n) is 15.3. The number of rotatable bonds is 7. The van der Waals surface area contributed by atoms with E-state index in [-0.39, 0.29) is 6.03 Å². The summed E-state index contributed by atoms with van der Waals surface area (Å²) in [6.45, 7) is 2.33. The smallest absolute Gasteiger partial charge is 0.319 e. The first-order chi connectivity index (χ1) is 12.5. The Morgan fingerprint density at radius 3 is 2.35 bits per heavy atom. The molecule has 0 bridgehead atoms. The third-order valence-corrected chi connectivity index (χ3v) is 4.28. The van der Waals surface area contributed by atoms with E-state index in [0.717, 1.165) is 11.1 Å². The number of carbonyl (C=O) groups is 1. The first kappa shape index (κ1) is 19.7. The number of benzene rings is 2. The van der Waals surface area contributed by atoms with Gasteiger partial charge in [0.2, 0.25) is 0 Å². The summed E-state index contributed by atoms with van der Waals surface area (Å²) in [5.41, 5.74) is 2.45. The molecule has 2 aromatic rings. The van der Waals surface area contributed by atoms with Gasteiger partial charge in [0.1, 0.15) is 5.75 Å². The summed E-state index contributed by atoms with van der Waals surface area (Å²) in [4.78, 5) is 12.1. The summed E-state index contributed by atoms with van der Waals surface area (Å²) in [6.07, 6.45) is 0.657. The van der Waals surface area contributed by atoms with Gasteiger partial charge in [0.05, 0.1) is 27.0 Å². The van der Waals surface area contributed by atoms with Gasteiger partial charge in [-0.25, -0.2) is 4.79 Å². The second kappa shape index (κ2) is 9.20. The Hall–Kier alpha value is -2.60. The van der Waals surface area contributed by atoms with E-state index < -0.39 is 0 Å². The van der Waals surface area contributed by atoms with Gasteiger partial charge >= 0.3 is 6.03 Å². The summed E-state index contributed by atoms with van der Waals surface area (Å²) >= 11 is 6.07. The fourth-order valence-corrected chi connectivity index (χ4v) is 2.61. The number of methoxy groups -OCH3 is 3. The molecule has 0 radical (unpaired) electrons. The number of ether oxygens (including phenoxy) is 3. The number of hydrogen-bond acceptors (Lipinski definition) is 4. The SMILES string of the molecule is COc1cc(Cl)c(C)cc1NC(=O)NCCc1ccc(OC)c(OC)c1. The molecule has 0 aliphatic heterocycles. The van der Waals surface area contributed by atoms with Gasteiger partial charge in [0.25, 0.3) is 0 Å². The molecule has 2 N–H and O–H groups in total. The normalized spacial score (nSPS) is 10.2. The van der Waals surface area contributed by atoms with Crippen molar-refractivity contribution in [1.82, 2.24) is 5.32 Å². The molecule has 2 rings (SSSR count). The van der Waals surface area contributed by atoms with Gasteiger partial charge in [-0.3, -0.25) is 0 Å². The number of halogens is 1. The van der Waals surface area contributed by atoms with Crippen molar-refractivity contribution >= 4 is 23.3 Å². The quantitative estimate of drug-likeness (QED) is 0.763. The highest BCUT2D eigenvalue weighted by atomic mass is 35.5. The summed E-state index contributed by atoms with van der Waals surface area (Å²) in [5.74, 6) is 1.85. The Morgan fingerprint density at radius 1 is 1.00 bits per heavy atom. The largest absolute Gasteiger partial charge is 0.495 e. The fraction of sp³-hybridized carbons (Fsp3) is 0.316. The Kier molecular flexibility index (Phi) is 6.97. The van der Waals surface area contributed by atoms with Crippen molar-refractivity contribution in [2.24, 2.45) is 0 Å². The van der Waals surface area contributed by atoms with Crippen molar-refractivity contribution in [3.05, 3.63) is 46.5 Å². The van der Waals surface area contributed by atoms with E-state index in [1.807, 2.05) is 25.1 Å². The van der Waals surface area contributed by atoms with Crippen molar-refractivity contribution < 1.29 is 19.0 Å². The molecule has 0 atom stereocenters. The lowest BCUT2D eigenvalue weighted by Gasteiger charge is -2.13. The van der Waals surface area contributed by atoms with Crippen LogP contribution in [-0.2, 0) is 6.42 Å². The molecule has 6 nitrogen and oxygen atoms in total. The molecule has 0 heterocycles. The van der Waals surface area contributed by atoms with Crippen LogP contribution in [0.1, 0.15) is 11.1 Å². The molecule has 0 unspecified atom stereocenters. The van der Waals surface area contributed by atoms with Crippen LogP contribution >= 0.6 is 11.6 Å². The van der Waals surface area contributed by atoms with E-state index >= 15 is 0 Å². The van der Waals surface area contributed by atoms with Crippen LogP contribution < -0.4 is 24.8 Å². The second-order valence-corrected chi connectivity index (χ2v) is 6.03. The monoisotopic (exact) mass is 378 g/mol. The lowest BCUT2D eigenvalue weighted by atomic mass is 10.1. The third kappa shape index (κ3) is 4.95. The first-order valence-corrected chi connectivity index (χ1v) is 8.46. The van der Waals surface area contributed by atoms with E-state index in [1.165, 1.54) is 7.11 Å². The van der Waals surface area contributed by atoms with Gasteiger partial charge in [-0.15, -0.1) is 0 Å². The molecule has 7 heteroatoms. The minimum absolute atomic E-state index is 0.314. The van der Waals surface area contributed by atoms with Crippen LogP contribution in [0.25, 0.3) is 0 Å². The van der Waals surface area contributed by atoms with E-state index in [9.17, 15) is 4.79 Å². The third-order valence-electron chi connectivity index (χ3n) is 3.88. The van der Waals surface area contributed by atoms with Gasteiger partial charge in [-0.05, 0) is 42.7 Å². The summed E-state index contributed by atoms with van der Waals surface area (Å²) in [5, 5.41) is 6.18. The van der Waals surface area contributed by atoms with Gasteiger partial charge in [0, 0.05) is 17.6 Å². The molecule has 0 saturated carbocycles. The number of carbonyl (C=O) groups excluding carboxylic acids is 1. The van der Waals surface area contributed by atoms with Gasteiger partial charge in [-0.1, -0.05) is 17.7 Å². The van der Waals surface area contributed by atoms with Gasteiger partial charge in [-0.2, -0.15) is 0 Å². The Morgan fingerprint density at radius 2 is 1.69 bits per heavy atom. The lowest BCUT2D eigenvalue weighted by Crippen LogP contribution is -2.30. The van der Waals surface area contributed by atoms with E-state index in [4.69, 9.17) is 25.8 Å². The molecule has 26 heavy (non-hydrogen) atoms. The molecule has 0 aromatic heterocycles. The molecule has 0 aliphatic carbocycles. The average Bonchev–Trinajstić information content (AvgIpc) is 2.64. The van der Waals surface area contributed by atoms with Crippen LogP contribution in [0.3, 0.4) is 0 Å². The zero-order chi connectivity index (χ0) is 19.1. The summed E-state index contributed by atoms with van der Waals surface area (Å²) in [7, 11) is 4.71. The van der Waals surface area contributed by atoms with Crippen LogP contribution in [0, 0.1) is 6.92 Å². The number of amides is 2. The zero-order valence-corrected chi connectivity index (χ0v) is 16.1. The van der Waals surface area contributed by atoms with Gasteiger partial charge in [0.15, 0.2) is 11.5 Å². The summed E-state index contributed by atoms with van der Waals surface area (Å²) in [6, 6.07) is 8.81. The highest BCUT2D eigenvalue weighted by Crippen LogP contribution is 2.31. The molecule has 0 aliphatic rings. The molecule has 2 amide bonds. The van der Waals surface area contributed by atoms with Crippen molar-refractivity contribution in [2.75, 3.05) is 33.2 Å². The van der Waals surface area contributed by atoms with E-state index in [2.05, 4.69) is 10.6 Å². The minimum atomic E-state index is -0.314. The standard InChI is InChI=1S/C19H23ClN2O4/c1-12-9-15(17(25-3)11-14(12)20)22-19(23)21-8-7-13-5-6-16(24-2)18(10-13)26-4/h5-6,9-11H,7-8H2,1-4H3,(H2,21,22,23). The maximum atomic E-state index is 12.1. The Balaban J connectivity index is 1.93. The number of aryl methyl sites for hydroxylation is 1. The van der Waals surface area contributed by atoms with Gasteiger partial charge < -0.3 is 24.8 Å². The van der Waals surface area contributed by atoms with Crippen LogP contribution in [0.2, 0.25) is 5.02 Å². The molecule has 0 spiro atoms. The van der Waals surface area contributed by atoms with Crippen LogP contribution in [0.5, 0.6) is 17.2 Å². The van der Waals surface area contributed by atoms with Crippen molar-refractivity contribution in [2.45, 2.75) is 13.3 Å². The van der Waals surface area contributed by atoms with E-state index in [0.29, 0.717) is 40.9 Å². The lowest BCUT2D eigenvalue weighted by molar-refractivity contribution is 0.252. The predicted molar refractivity (Wildman–Crippen MR) is 103 cm³/mol. The topological polar surface area (TPSA) is 68.8 Å². The van der Waals surface area contributed by atoms with Crippen LogP contribution in [0.4, 0.5) is 10.5 Å². The minimum Gasteiger partial charge on any atom is -0.495 e. The number of nitrogens with one attached hydrogen (secondary N) is 2. The van der Waals surface area contributed by atoms with Crippen molar-refractivity contribution in [3.8, 4) is 17.2 Å². The number of anilines is 1. The van der Waals surface area contributed by atoms with E-state index in [1.54, 1.807) is 26.4 Å². The van der Waals surface area contributed by atoms with Crippen molar-refractivity contribution in [1.29, 1.82) is 0 Å². The Bertz CT molecular complexity index is 780. The first-order valence-electron chi connectivity index (χ1n) is 8.08. The maximum Gasteiger partial charge on any atom is 0.319 e. The fourth-order valence-electron chi connectivity index (χ4n) is 2.45. The van der Waals surface area contributed by atoms with Crippen molar-refractivity contribution in [3.63, 3.8) is 0 Å². The maximum absolute atomic E-state index is 12.1. The predicted octanol–water partition coefficient (Wildman–Crippen LogP) is 4.04. The Labute approximate surface area is 158 Å².